The van der Waals surface area contributed by atoms with Crippen molar-refractivity contribution in [2.45, 2.75) is 19.4 Å². The van der Waals surface area contributed by atoms with Gasteiger partial charge in [-0.15, -0.1) is 0 Å². The van der Waals surface area contributed by atoms with Crippen LogP contribution in [0.3, 0.4) is 0 Å². The smallest absolute Gasteiger partial charge is 0.0746 e. The largest absolute Gasteiger partial charge is 0.316 e. The van der Waals surface area contributed by atoms with Crippen LogP contribution in [0, 0.1) is 5.92 Å². The molecule has 20 heavy (non-hydrogen) atoms. The molecule has 2 aromatic rings. The molecule has 3 rings (SSSR count). The van der Waals surface area contributed by atoms with Gasteiger partial charge in [-0.3, -0.25) is 4.98 Å². The Morgan fingerprint density at radius 3 is 3.05 bits per heavy atom. The van der Waals surface area contributed by atoms with Crippen molar-refractivity contribution in [3.8, 4) is 0 Å². The van der Waals surface area contributed by atoms with Crippen LogP contribution in [0.15, 0.2) is 36.5 Å². The highest BCUT2D eigenvalue weighted by Crippen LogP contribution is 2.18. The molecule has 0 bridgehead atoms. The van der Waals surface area contributed by atoms with Crippen LogP contribution in [0.2, 0.25) is 0 Å². The molecule has 1 aliphatic heterocycles. The van der Waals surface area contributed by atoms with Gasteiger partial charge in [0.2, 0.25) is 0 Å². The van der Waals surface area contributed by atoms with E-state index >= 15 is 0 Å². The monoisotopic (exact) mass is 269 g/mol. The summed E-state index contributed by atoms with van der Waals surface area (Å²) < 4.78 is 0. The molecule has 1 fully saturated rings. The zero-order chi connectivity index (χ0) is 13.8. The first-order chi connectivity index (χ1) is 9.83. The van der Waals surface area contributed by atoms with E-state index in [1.54, 1.807) is 0 Å². The molecule has 0 amide bonds. The molecule has 1 N–H and O–H groups in total. The third kappa shape index (κ3) is 3.17. The van der Waals surface area contributed by atoms with Crippen molar-refractivity contribution in [2.75, 3.05) is 26.7 Å². The lowest BCUT2D eigenvalue weighted by Gasteiger charge is -2.27. The lowest BCUT2D eigenvalue weighted by atomic mass is 9.99. The number of aromatic nitrogens is 1. The third-order valence-corrected chi connectivity index (χ3v) is 4.13. The summed E-state index contributed by atoms with van der Waals surface area (Å²) in [5.74, 6) is 0.789. The van der Waals surface area contributed by atoms with Gasteiger partial charge in [0.1, 0.15) is 0 Å². The highest BCUT2D eigenvalue weighted by molar-refractivity contribution is 5.81. The second-order valence-corrected chi connectivity index (χ2v) is 5.90. The molecule has 0 saturated carbocycles. The van der Waals surface area contributed by atoms with Crippen LogP contribution in [0.1, 0.15) is 18.4 Å². The molecule has 1 saturated heterocycles. The zero-order valence-corrected chi connectivity index (χ0v) is 12.2. The summed E-state index contributed by atoms with van der Waals surface area (Å²) in [5, 5.41) is 4.73. The molecule has 0 spiro atoms. The van der Waals surface area contributed by atoms with E-state index in [1.165, 1.54) is 30.3 Å². The van der Waals surface area contributed by atoms with E-state index in [2.05, 4.69) is 46.5 Å². The summed E-state index contributed by atoms with van der Waals surface area (Å²) in [6.07, 6.45) is 4.55. The Morgan fingerprint density at radius 2 is 2.20 bits per heavy atom. The Labute approximate surface area is 121 Å². The minimum atomic E-state index is 0.789. The average Bonchev–Trinajstić information content (AvgIpc) is 2.48. The first-order valence-electron chi connectivity index (χ1n) is 7.55. The standard InChI is InChI=1S/C17H23N3/c1-20(12-14-5-3-9-18-11-14)13-16-7-2-6-15-8-4-10-19-17(15)16/h2,4,6-8,10,14,18H,3,5,9,11-13H2,1H3. The molecule has 1 aromatic heterocycles. The fourth-order valence-electron chi connectivity index (χ4n) is 3.17. The summed E-state index contributed by atoms with van der Waals surface area (Å²) in [6, 6.07) is 10.6. The van der Waals surface area contributed by atoms with Crippen molar-refractivity contribution in [2.24, 2.45) is 5.92 Å². The molecular formula is C17H23N3. The van der Waals surface area contributed by atoms with Crippen molar-refractivity contribution >= 4 is 10.9 Å². The number of pyridine rings is 1. The van der Waals surface area contributed by atoms with Gasteiger partial charge in [0, 0.05) is 24.7 Å². The molecule has 0 radical (unpaired) electrons. The van der Waals surface area contributed by atoms with Crippen LogP contribution in [0.4, 0.5) is 0 Å². The van der Waals surface area contributed by atoms with Crippen molar-refractivity contribution in [1.82, 2.24) is 15.2 Å². The molecule has 3 heteroatoms. The topological polar surface area (TPSA) is 28.2 Å². The normalized spacial score (nSPS) is 19.6. The number of rotatable bonds is 4. The van der Waals surface area contributed by atoms with Gasteiger partial charge in [-0.1, -0.05) is 24.3 Å². The quantitative estimate of drug-likeness (QED) is 0.925. The second kappa shape index (κ2) is 6.33. The fraction of sp³-hybridized carbons (Fsp3) is 0.471. The predicted molar refractivity (Wildman–Crippen MR) is 83.7 cm³/mol. The maximum atomic E-state index is 4.54. The van der Waals surface area contributed by atoms with E-state index in [-0.39, 0.29) is 0 Å². The van der Waals surface area contributed by atoms with Crippen LogP contribution in [-0.2, 0) is 6.54 Å². The van der Waals surface area contributed by atoms with Crippen molar-refractivity contribution < 1.29 is 0 Å². The maximum Gasteiger partial charge on any atom is 0.0746 e. The average molecular weight is 269 g/mol. The lowest BCUT2D eigenvalue weighted by Crippen LogP contribution is -2.36. The second-order valence-electron chi connectivity index (χ2n) is 5.90. The molecule has 1 unspecified atom stereocenters. The number of nitrogens with zero attached hydrogens (tertiary/aromatic N) is 2. The van der Waals surface area contributed by atoms with Crippen molar-refractivity contribution in [1.29, 1.82) is 0 Å². The van der Waals surface area contributed by atoms with Gasteiger partial charge in [0.25, 0.3) is 0 Å². The maximum absolute atomic E-state index is 4.54. The van der Waals surface area contributed by atoms with Crippen molar-refractivity contribution in [3.05, 3.63) is 42.1 Å². The Morgan fingerprint density at radius 1 is 1.30 bits per heavy atom. The van der Waals surface area contributed by atoms with Gasteiger partial charge in [0.15, 0.2) is 0 Å². The number of nitrogens with one attached hydrogen (secondary N) is 1. The highest BCUT2D eigenvalue weighted by Gasteiger charge is 2.15. The van der Waals surface area contributed by atoms with Crippen LogP contribution in [0.5, 0.6) is 0 Å². The molecule has 2 heterocycles. The minimum absolute atomic E-state index is 0.789. The number of para-hydroxylation sites is 1. The van der Waals surface area contributed by atoms with E-state index in [0.29, 0.717) is 0 Å². The fourth-order valence-corrected chi connectivity index (χ4v) is 3.17. The number of benzene rings is 1. The summed E-state index contributed by atoms with van der Waals surface area (Å²) in [5.41, 5.74) is 2.47. The van der Waals surface area contributed by atoms with E-state index in [9.17, 15) is 0 Å². The number of fused-ring (bicyclic) bond motifs is 1. The van der Waals surface area contributed by atoms with Crippen LogP contribution in [0.25, 0.3) is 10.9 Å². The highest BCUT2D eigenvalue weighted by atomic mass is 15.1. The Hall–Kier alpha value is -1.45. The first-order valence-corrected chi connectivity index (χ1v) is 7.55. The zero-order valence-electron chi connectivity index (χ0n) is 12.2. The molecule has 1 atom stereocenters. The molecular weight excluding hydrogens is 246 g/mol. The van der Waals surface area contributed by atoms with Crippen LogP contribution >= 0.6 is 0 Å². The molecule has 106 valence electrons. The Bertz CT molecular complexity index is 556. The number of hydrogen-bond donors (Lipinski definition) is 1. The van der Waals surface area contributed by atoms with Gasteiger partial charge in [-0.25, -0.2) is 0 Å². The number of piperidine rings is 1. The minimum Gasteiger partial charge on any atom is -0.316 e. The summed E-state index contributed by atoms with van der Waals surface area (Å²) in [7, 11) is 2.22. The van der Waals surface area contributed by atoms with E-state index in [4.69, 9.17) is 0 Å². The first kappa shape index (κ1) is 13.5. The van der Waals surface area contributed by atoms with Gasteiger partial charge in [-0.05, 0) is 50.5 Å². The van der Waals surface area contributed by atoms with Crippen LogP contribution in [-0.4, -0.2) is 36.6 Å². The molecule has 1 aromatic carbocycles. The van der Waals surface area contributed by atoms with Gasteiger partial charge >= 0.3 is 0 Å². The number of hydrogen-bond acceptors (Lipinski definition) is 3. The molecule has 3 nitrogen and oxygen atoms in total. The van der Waals surface area contributed by atoms with Gasteiger partial charge in [0.05, 0.1) is 5.52 Å². The Balaban J connectivity index is 1.69. The van der Waals surface area contributed by atoms with E-state index in [0.717, 1.165) is 31.1 Å². The lowest BCUT2D eigenvalue weighted by molar-refractivity contribution is 0.238. The SMILES string of the molecule is CN(Cc1cccc2cccnc12)CC1CCCNC1. The van der Waals surface area contributed by atoms with E-state index in [1.807, 2.05) is 12.3 Å². The van der Waals surface area contributed by atoms with Gasteiger partial charge < -0.3 is 10.2 Å². The van der Waals surface area contributed by atoms with Crippen LogP contribution < -0.4 is 5.32 Å². The summed E-state index contributed by atoms with van der Waals surface area (Å²) >= 11 is 0. The molecule has 0 aliphatic carbocycles. The molecule has 1 aliphatic rings. The Kier molecular flexibility index (Phi) is 4.28. The predicted octanol–water partition coefficient (Wildman–Crippen LogP) is 2.67. The third-order valence-electron chi connectivity index (χ3n) is 4.13. The summed E-state index contributed by atoms with van der Waals surface area (Å²) in [4.78, 5) is 6.97. The van der Waals surface area contributed by atoms with Crippen molar-refractivity contribution in [3.63, 3.8) is 0 Å². The van der Waals surface area contributed by atoms with E-state index < -0.39 is 0 Å². The summed E-state index contributed by atoms with van der Waals surface area (Å²) in [6.45, 7) is 4.49. The van der Waals surface area contributed by atoms with Gasteiger partial charge in [-0.2, -0.15) is 0 Å².